The third-order valence-corrected chi connectivity index (χ3v) is 4.12. The van der Waals surface area contributed by atoms with E-state index < -0.39 is 22.9 Å². The van der Waals surface area contributed by atoms with E-state index in [0.717, 1.165) is 15.8 Å². The lowest BCUT2D eigenvalue weighted by Gasteiger charge is -2.11. The Morgan fingerprint density at radius 1 is 1.31 bits per heavy atom. The van der Waals surface area contributed by atoms with Crippen LogP contribution in [0, 0.1) is 49.1 Å². The summed E-state index contributed by atoms with van der Waals surface area (Å²) in [5.74, 6) is -0.655. The Kier molecular flexibility index (Phi) is 5.16. The number of aryl methyl sites for hydroxylation is 3. The fourth-order valence-corrected chi connectivity index (χ4v) is 2.39. The summed E-state index contributed by atoms with van der Waals surface area (Å²) in [5.41, 5.74) is 1.45. The molecule has 0 saturated carbocycles. The summed E-state index contributed by atoms with van der Waals surface area (Å²) in [5, 5.41) is 26.8. The second-order valence-electron chi connectivity index (χ2n) is 5.92. The number of hydrogen-bond acceptors (Lipinski definition) is 6. The predicted octanol–water partition coefficient (Wildman–Crippen LogP) is 1.90. The van der Waals surface area contributed by atoms with Gasteiger partial charge >= 0.3 is 0 Å². The normalized spacial score (nSPS) is 10.3. The van der Waals surface area contributed by atoms with Crippen LogP contribution < -0.4 is 10.9 Å². The van der Waals surface area contributed by atoms with Gasteiger partial charge in [-0.1, -0.05) is 0 Å². The Hall–Kier alpha value is -3.54. The van der Waals surface area contributed by atoms with Crippen LogP contribution >= 0.6 is 0 Å². The largest absolute Gasteiger partial charge is 0.319 e. The van der Waals surface area contributed by atoms with Crippen LogP contribution in [0.15, 0.2) is 16.9 Å². The van der Waals surface area contributed by atoms with Crippen LogP contribution in [-0.4, -0.2) is 20.6 Å². The summed E-state index contributed by atoms with van der Waals surface area (Å²) in [6.45, 7) is 6.27. The number of nitrogens with one attached hydrogen (secondary N) is 1. The molecule has 0 aliphatic rings. The number of amides is 1. The molecule has 0 unspecified atom stereocenters. The number of carbonyl (C=O) groups excluding carboxylic acids is 1. The first-order valence-corrected chi connectivity index (χ1v) is 7.69. The standard InChI is InChI=1S/C17H17N5O4/c1-9-5-14(15(22(25)26)6-10(9)2)19-16(23)8-21-17(24)13(7-18)11(3)12(4)20-21/h5-6H,8H2,1-4H3,(H,19,23). The van der Waals surface area contributed by atoms with Gasteiger partial charge in [-0.15, -0.1) is 0 Å². The minimum atomic E-state index is -0.680. The average Bonchev–Trinajstić information content (AvgIpc) is 2.56. The Morgan fingerprint density at radius 3 is 2.50 bits per heavy atom. The third kappa shape index (κ3) is 3.59. The van der Waals surface area contributed by atoms with Crippen LogP contribution in [-0.2, 0) is 11.3 Å². The number of hydrogen-bond donors (Lipinski definition) is 1. The number of aromatic nitrogens is 2. The lowest BCUT2D eigenvalue weighted by Crippen LogP contribution is -2.32. The Bertz CT molecular complexity index is 1020. The van der Waals surface area contributed by atoms with Gasteiger partial charge in [0.25, 0.3) is 11.2 Å². The maximum absolute atomic E-state index is 12.3. The molecular weight excluding hydrogens is 338 g/mol. The molecule has 1 aromatic heterocycles. The molecule has 2 rings (SSSR count). The van der Waals surface area contributed by atoms with Gasteiger partial charge < -0.3 is 5.32 Å². The van der Waals surface area contributed by atoms with Crippen molar-refractivity contribution in [2.75, 3.05) is 5.32 Å². The van der Waals surface area contributed by atoms with Gasteiger partial charge in [0.1, 0.15) is 23.9 Å². The number of nitrogens with zero attached hydrogens (tertiary/aromatic N) is 4. The van der Waals surface area contributed by atoms with Crippen molar-refractivity contribution in [2.24, 2.45) is 0 Å². The fourth-order valence-electron chi connectivity index (χ4n) is 2.39. The molecule has 0 fully saturated rings. The zero-order chi connectivity index (χ0) is 19.6. The van der Waals surface area contributed by atoms with Gasteiger partial charge in [-0.3, -0.25) is 19.7 Å². The van der Waals surface area contributed by atoms with Crippen molar-refractivity contribution in [1.29, 1.82) is 5.26 Å². The molecule has 1 aromatic carbocycles. The van der Waals surface area contributed by atoms with Crippen molar-refractivity contribution in [2.45, 2.75) is 34.2 Å². The number of benzene rings is 1. The monoisotopic (exact) mass is 355 g/mol. The first-order valence-electron chi connectivity index (χ1n) is 7.69. The highest BCUT2D eigenvalue weighted by Gasteiger charge is 2.19. The Labute approximate surface area is 149 Å². The molecule has 9 nitrogen and oxygen atoms in total. The topological polar surface area (TPSA) is 131 Å². The molecule has 0 spiro atoms. The smallest absolute Gasteiger partial charge is 0.293 e. The van der Waals surface area contributed by atoms with E-state index in [2.05, 4.69) is 10.4 Å². The van der Waals surface area contributed by atoms with E-state index in [9.17, 15) is 19.7 Å². The quantitative estimate of drug-likeness (QED) is 0.658. The number of nitro benzene ring substituents is 1. The number of anilines is 1. The van der Waals surface area contributed by atoms with Gasteiger partial charge in [-0.25, -0.2) is 4.68 Å². The Balaban J connectivity index is 2.36. The van der Waals surface area contributed by atoms with E-state index in [-0.39, 0.29) is 16.9 Å². The summed E-state index contributed by atoms with van der Waals surface area (Å²) in [6, 6.07) is 4.69. The van der Waals surface area contributed by atoms with E-state index in [4.69, 9.17) is 5.26 Å². The minimum Gasteiger partial charge on any atom is -0.319 e. The third-order valence-electron chi connectivity index (χ3n) is 4.12. The van der Waals surface area contributed by atoms with Crippen molar-refractivity contribution in [1.82, 2.24) is 9.78 Å². The van der Waals surface area contributed by atoms with Crippen molar-refractivity contribution in [3.05, 3.63) is 60.5 Å². The first kappa shape index (κ1) is 18.8. The van der Waals surface area contributed by atoms with E-state index >= 15 is 0 Å². The van der Waals surface area contributed by atoms with Gasteiger partial charge in [0, 0.05) is 6.07 Å². The van der Waals surface area contributed by atoms with Gasteiger partial charge in [-0.05, 0) is 50.5 Å². The maximum atomic E-state index is 12.3. The minimum absolute atomic E-state index is 0.0421. The Morgan fingerprint density at radius 2 is 1.92 bits per heavy atom. The lowest BCUT2D eigenvalue weighted by molar-refractivity contribution is -0.384. The summed E-state index contributed by atoms with van der Waals surface area (Å²) in [4.78, 5) is 35.1. The highest BCUT2D eigenvalue weighted by atomic mass is 16.6. The van der Waals surface area contributed by atoms with Gasteiger partial charge in [-0.2, -0.15) is 10.4 Å². The molecule has 2 aromatic rings. The second kappa shape index (κ2) is 7.14. The van der Waals surface area contributed by atoms with E-state index in [1.807, 2.05) is 6.07 Å². The second-order valence-corrected chi connectivity index (χ2v) is 5.92. The molecule has 9 heteroatoms. The fraction of sp³-hybridized carbons (Fsp3) is 0.294. The molecule has 0 aliphatic heterocycles. The summed E-state index contributed by atoms with van der Waals surface area (Å²) in [6.07, 6.45) is 0. The number of nitriles is 1. The predicted molar refractivity (Wildman–Crippen MR) is 93.9 cm³/mol. The molecule has 0 radical (unpaired) electrons. The van der Waals surface area contributed by atoms with E-state index in [1.165, 1.54) is 12.1 Å². The molecular formula is C17H17N5O4. The van der Waals surface area contributed by atoms with Gasteiger partial charge in [0.05, 0.1) is 10.6 Å². The number of carbonyl (C=O) groups is 1. The number of nitro groups is 1. The maximum Gasteiger partial charge on any atom is 0.293 e. The molecule has 0 atom stereocenters. The van der Waals surface area contributed by atoms with Crippen LogP contribution in [0.4, 0.5) is 11.4 Å². The molecule has 26 heavy (non-hydrogen) atoms. The van der Waals surface area contributed by atoms with E-state index in [0.29, 0.717) is 11.3 Å². The first-order chi connectivity index (χ1) is 12.1. The summed E-state index contributed by atoms with van der Waals surface area (Å²) in [7, 11) is 0. The molecule has 1 N–H and O–H groups in total. The van der Waals surface area contributed by atoms with E-state index in [1.54, 1.807) is 27.7 Å². The van der Waals surface area contributed by atoms with Crippen LogP contribution in [0.25, 0.3) is 0 Å². The molecule has 0 bridgehead atoms. The molecule has 1 heterocycles. The van der Waals surface area contributed by atoms with Crippen LogP contribution in [0.3, 0.4) is 0 Å². The SMILES string of the molecule is Cc1cc(NC(=O)Cn2nc(C)c(C)c(C#N)c2=O)c([N+](=O)[O-])cc1C. The average molecular weight is 355 g/mol. The van der Waals surface area contributed by atoms with Crippen molar-refractivity contribution < 1.29 is 9.72 Å². The van der Waals surface area contributed by atoms with Crippen LogP contribution in [0.5, 0.6) is 0 Å². The van der Waals surface area contributed by atoms with Crippen molar-refractivity contribution in [3.8, 4) is 6.07 Å². The summed E-state index contributed by atoms with van der Waals surface area (Å²) >= 11 is 0. The van der Waals surface area contributed by atoms with Crippen LogP contribution in [0.1, 0.15) is 27.9 Å². The van der Waals surface area contributed by atoms with Crippen LogP contribution in [0.2, 0.25) is 0 Å². The molecule has 134 valence electrons. The lowest BCUT2D eigenvalue weighted by atomic mass is 10.1. The zero-order valence-electron chi connectivity index (χ0n) is 14.8. The highest BCUT2D eigenvalue weighted by molar-refractivity contribution is 5.93. The van der Waals surface area contributed by atoms with Crippen molar-refractivity contribution in [3.63, 3.8) is 0 Å². The van der Waals surface area contributed by atoms with Gasteiger partial charge in [0.15, 0.2) is 0 Å². The highest BCUT2D eigenvalue weighted by Crippen LogP contribution is 2.27. The van der Waals surface area contributed by atoms with Crippen molar-refractivity contribution >= 4 is 17.3 Å². The molecule has 0 saturated heterocycles. The summed E-state index contributed by atoms with van der Waals surface area (Å²) < 4.78 is 0.878. The molecule has 0 aliphatic carbocycles. The van der Waals surface area contributed by atoms with Gasteiger partial charge in [0.2, 0.25) is 5.91 Å². The molecule has 1 amide bonds. The zero-order valence-corrected chi connectivity index (χ0v) is 14.8. The number of rotatable bonds is 4.